The normalized spacial score (nSPS) is 9.44. The Balaban J connectivity index is 2.58. The zero-order chi connectivity index (χ0) is 13.5. The molecule has 0 radical (unpaired) electrons. The first-order valence-electron chi connectivity index (χ1n) is 5.43. The van der Waals surface area contributed by atoms with Crippen LogP contribution in [0.2, 0.25) is 0 Å². The third kappa shape index (κ3) is 4.29. The molecule has 0 aromatic heterocycles. The molecule has 0 atom stereocenters. The molecule has 5 heteroatoms. The predicted octanol–water partition coefficient (Wildman–Crippen LogP) is 1.34. The topological polar surface area (TPSA) is 75.6 Å². The van der Waals surface area contributed by atoms with E-state index in [0.717, 1.165) is 0 Å². The third-order valence-corrected chi connectivity index (χ3v) is 2.05. The Hall–Kier alpha value is -2.30. The molecule has 0 aliphatic heterocycles. The van der Waals surface area contributed by atoms with E-state index in [1.54, 1.807) is 44.2 Å². The van der Waals surface area contributed by atoms with Gasteiger partial charge in [0.1, 0.15) is 0 Å². The summed E-state index contributed by atoms with van der Waals surface area (Å²) in [4.78, 5) is 34.4. The Labute approximate surface area is 105 Å². The van der Waals surface area contributed by atoms with Crippen LogP contribution in [0.4, 0.5) is 0 Å². The van der Waals surface area contributed by atoms with Crippen molar-refractivity contribution in [3.05, 3.63) is 35.9 Å². The maximum Gasteiger partial charge on any atom is 0.307 e. The molecule has 0 aliphatic carbocycles. The van der Waals surface area contributed by atoms with Crippen molar-refractivity contribution in [2.45, 2.75) is 20.3 Å². The van der Waals surface area contributed by atoms with E-state index in [4.69, 9.17) is 0 Å². The highest BCUT2D eigenvalue weighted by Gasteiger charge is 2.18. The Morgan fingerprint density at radius 3 is 2.28 bits per heavy atom. The van der Waals surface area contributed by atoms with Crippen LogP contribution in [0.25, 0.3) is 0 Å². The van der Waals surface area contributed by atoms with Crippen LogP contribution >= 0.6 is 0 Å². The van der Waals surface area contributed by atoms with E-state index in [2.05, 4.69) is 10.5 Å². The largest absolute Gasteiger partial charge is 0.307 e. The maximum atomic E-state index is 11.7. The second kappa shape index (κ2) is 6.44. The third-order valence-electron chi connectivity index (χ3n) is 2.05. The van der Waals surface area contributed by atoms with E-state index in [1.165, 1.54) is 0 Å². The SMILES string of the molecule is CC(C)=NNC(=O)C(=O)CC(=O)c1ccccc1. The van der Waals surface area contributed by atoms with Gasteiger partial charge >= 0.3 is 5.91 Å². The minimum absolute atomic E-state index is 0.382. The molecule has 94 valence electrons. The summed E-state index contributed by atoms with van der Waals surface area (Å²) in [6.07, 6.45) is -0.450. The van der Waals surface area contributed by atoms with Gasteiger partial charge in [-0.2, -0.15) is 5.10 Å². The lowest BCUT2D eigenvalue weighted by molar-refractivity contribution is -0.137. The highest BCUT2D eigenvalue weighted by atomic mass is 16.2. The molecule has 1 aromatic carbocycles. The molecule has 1 rings (SSSR count). The van der Waals surface area contributed by atoms with Crippen LogP contribution in [0, 0.1) is 0 Å². The van der Waals surface area contributed by atoms with Crippen LogP contribution < -0.4 is 5.43 Å². The van der Waals surface area contributed by atoms with E-state index >= 15 is 0 Å². The molecule has 0 fully saturated rings. The van der Waals surface area contributed by atoms with Crippen LogP contribution in [-0.2, 0) is 9.59 Å². The van der Waals surface area contributed by atoms with Crippen molar-refractivity contribution < 1.29 is 14.4 Å². The molecule has 0 saturated heterocycles. The van der Waals surface area contributed by atoms with Crippen molar-refractivity contribution in [1.29, 1.82) is 0 Å². The zero-order valence-corrected chi connectivity index (χ0v) is 10.3. The standard InChI is InChI=1S/C13H14N2O3/c1-9(2)14-15-13(18)12(17)8-11(16)10-6-4-3-5-7-10/h3-7H,8H2,1-2H3,(H,15,18). The first-order valence-corrected chi connectivity index (χ1v) is 5.43. The summed E-state index contributed by atoms with van der Waals surface area (Å²) in [5.74, 6) is -2.05. The number of carbonyl (C=O) groups is 3. The molecular formula is C13H14N2O3. The molecule has 0 aliphatic rings. The Kier molecular flexibility index (Phi) is 4.92. The van der Waals surface area contributed by atoms with Gasteiger partial charge in [0.05, 0.1) is 6.42 Å². The number of hydrazone groups is 1. The van der Waals surface area contributed by atoms with Gasteiger partial charge in [-0.05, 0) is 13.8 Å². The minimum atomic E-state index is -0.875. The van der Waals surface area contributed by atoms with Gasteiger partial charge in [-0.3, -0.25) is 14.4 Å². The van der Waals surface area contributed by atoms with Crippen LogP contribution in [0.5, 0.6) is 0 Å². The molecule has 1 amide bonds. The average molecular weight is 246 g/mol. The number of nitrogens with one attached hydrogen (secondary N) is 1. The summed E-state index contributed by atoms with van der Waals surface area (Å²) in [6, 6.07) is 8.36. The number of ketones is 2. The van der Waals surface area contributed by atoms with Gasteiger partial charge in [-0.25, -0.2) is 5.43 Å². The summed E-state index contributed by atoms with van der Waals surface area (Å²) in [5, 5.41) is 3.61. The van der Waals surface area contributed by atoms with Crippen molar-refractivity contribution in [3.63, 3.8) is 0 Å². The van der Waals surface area contributed by atoms with Gasteiger partial charge in [0.2, 0.25) is 5.78 Å². The van der Waals surface area contributed by atoms with E-state index in [9.17, 15) is 14.4 Å². The smallest absolute Gasteiger partial charge is 0.294 e. The number of rotatable bonds is 5. The molecule has 0 bridgehead atoms. The molecule has 1 N–H and O–H groups in total. The van der Waals surface area contributed by atoms with Gasteiger partial charge in [-0.1, -0.05) is 30.3 Å². The van der Waals surface area contributed by atoms with Gasteiger partial charge in [0.15, 0.2) is 5.78 Å². The molecule has 0 unspecified atom stereocenters. The number of Topliss-reactive ketones (excluding diaryl/α,β-unsaturated/α-hetero) is 2. The number of nitrogens with zero attached hydrogens (tertiary/aromatic N) is 1. The summed E-state index contributed by atoms with van der Waals surface area (Å²) in [7, 11) is 0. The van der Waals surface area contributed by atoms with Crippen LogP contribution in [0.3, 0.4) is 0 Å². The maximum absolute atomic E-state index is 11.7. The van der Waals surface area contributed by atoms with Crippen molar-refractivity contribution in [3.8, 4) is 0 Å². The molecule has 0 spiro atoms. The number of amides is 1. The van der Waals surface area contributed by atoms with Crippen molar-refractivity contribution in [2.24, 2.45) is 5.10 Å². The first-order chi connectivity index (χ1) is 8.50. The van der Waals surface area contributed by atoms with E-state index in [-0.39, 0.29) is 5.78 Å². The summed E-state index contributed by atoms with van der Waals surface area (Å²) < 4.78 is 0. The lowest BCUT2D eigenvalue weighted by Gasteiger charge is -2.00. The number of hydrogen-bond donors (Lipinski definition) is 1. The number of hydrogen-bond acceptors (Lipinski definition) is 4. The van der Waals surface area contributed by atoms with Crippen LogP contribution in [0.15, 0.2) is 35.4 Å². The zero-order valence-electron chi connectivity index (χ0n) is 10.3. The fourth-order valence-electron chi connectivity index (χ4n) is 1.18. The van der Waals surface area contributed by atoms with Crippen molar-refractivity contribution in [2.75, 3.05) is 0 Å². The molecule has 0 heterocycles. The van der Waals surface area contributed by atoms with Crippen molar-refractivity contribution in [1.82, 2.24) is 5.43 Å². The summed E-state index contributed by atoms with van der Waals surface area (Å²) in [5.41, 5.74) is 3.11. The van der Waals surface area contributed by atoms with E-state index in [1.807, 2.05) is 0 Å². The van der Waals surface area contributed by atoms with Crippen LogP contribution in [-0.4, -0.2) is 23.2 Å². The van der Waals surface area contributed by atoms with Gasteiger partial charge in [0, 0.05) is 11.3 Å². The van der Waals surface area contributed by atoms with Crippen LogP contribution in [0.1, 0.15) is 30.6 Å². The lowest BCUT2D eigenvalue weighted by atomic mass is 10.1. The summed E-state index contributed by atoms with van der Waals surface area (Å²) >= 11 is 0. The van der Waals surface area contributed by atoms with Gasteiger partial charge in [-0.15, -0.1) is 0 Å². The van der Waals surface area contributed by atoms with Gasteiger partial charge < -0.3 is 0 Å². The highest BCUT2D eigenvalue weighted by Crippen LogP contribution is 2.03. The number of carbonyl (C=O) groups excluding carboxylic acids is 3. The number of benzene rings is 1. The Morgan fingerprint density at radius 1 is 1.11 bits per heavy atom. The van der Waals surface area contributed by atoms with E-state index in [0.29, 0.717) is 11.3 Å². The molecular weight excluding hydrogens is 232 g/mol. The lowest BCUT2D eigenvalue weighted by Crippen LogP contribution is -2.29. The average Bonchev–Trinajstić information content (AvgIpc) is 2.36. The molecule has 0 saturated carbocycles. The second-order valence-electron chi connectivity index (χ2n) is 3.89. The quantitative estimate of drug-likeness (QED) is 0.280. The minimum Gasteiger partial charge on any atom is -0.294 e. The van der Waals surface area contributed by atoms with E-state index < -0.39 is 18.1 Å². The second-order valence-corrected chi connectivity index (χ2v) is 3.89. The van der Waals surface area contributed by atoms with Gasteiger partial charge in [0.25, 0.3) is 0 Å². The highest BCUT2D eigenvalue weighted by molar-refractivity contribution is 6.40. The monoisotopic (exact) mass is 246 g/mol. The Morgan fingerprint density at radius 2 is 1.72 bits per heavy atom. The fourth-order valence-corrected chi connectivity index (χ4v) is 1.18. The van der Waals surface area contributed by atoms with Crippen molar-refractivity contribution >= 4 is 23.2 Å². The molecule has 1 aromatic rings. The molecule has 18 heavy (non-hydrogen) atoms. The fraction of sp³-hybridized carbons (Fsp3) is 0.231. The Bertz CT molecular complexity index is 488. The predicted molar refractivity (Wildman–Crippen MR) is 67.3 cm³/mol. The summed E-state index contributed by atoms with van der Waals surface area (Å²) in [6.45, 7) is 3.36. The first kappa shape index (κ1) is 13.8. The molecule has 5 nitrogen and oxygen atoms in total.